The van der Waals surface area contributed by atoms with Crippen molar-refractivity contribution >= 4 is 5.82 Å². The Balaban J connectivity index is 1.64. The number of nitrogens with zero attached hydrogens (tertiary/aromatic N) is 3. The average Bonchev–Trinajstić information content (AvgIpc) is 3.23. The molecule has 0 atom stereocenters. The van der Waals surface area contributed by atoms with Crippen LogP contribution in [-0.2, 0) is 6.54 Å². The maximum absolute atomic E-state index is 9.08. The van der Waals surface area contributed by atoms with Crippen molar-refractivity contribution in [1.82, 2.24) is 15.1 Å². The first kappa shape index (κ1) is 19.2. The Hall–Kier alpha value is -3.14. The van der Waals surface area contributed by atoms with E-state index < -0.39 is 0 Å². The van der Waals surface area contributed by atoms with E-state index in [4.69, 9.17) is 16.1 Å². The second-order valence-corrected chi connectivity index (χ2v) is 7.46. The number of aromatic nitrogens is 2. The number of hydrogen-bond donors (Lipinski definition) is 3. The minimum atomic E-state index is 0.526. The molecule has 6 nitrogen and oxygen atoms in total. The summed E-state index contributed by atoms with van der Waals surface area (Å²) in [7, 11) is 0. The normalized spacial score (nSPS) is 14.5. The molecule has 2 aromatic carbocycles. The van der Waals surface area contributed by atoms with Crippen molar-refractivity contribution < 1.29 is 0 Å². The van der Waals surface area contributed by atoms with Crippen molar-refractivity contribution in [1.29, 1.82) is 5.26 Å². The highest BCUT2D eigenvalue weighted by atomic mass is 15.3. The van der Waals surface area contributed by atoms with E-state index in [0.717, 1.165) is 48.0 Å². The van der Waals surface area contributed by atoms with Crippen LogP contribution in [0.4, 0.5) is 5.82 Å². The van der Waals surface area contributed by atoms with Crippen molar-refractivity contribution in [2.24, 2.45) is 11.7 Å². The zero-order valence-corrected chi connectivity index (χ0v) is 16.4. The van der Waals surface area contributed by atoms with E-state index in [1.54, 1.807) is 0 Å². The molecule has 4 rings (SSSR count). The number of benzene rings is 2. The van der Waals surface area contributed by atoms with Gasteiger partial charge in [-0.15, -0.1) is 5.10 Å². The van der Waals surface area contributed by atoms with E-state index in [0.29, 0.717) is 18.0 Å². The van der Waals surface area contributed by atoms with Crippen LogP contribution in [0.1, 0.15) is 24.0 Å². The number of anilines is 1. The first-order valence-electron chi connectivity index (χ1n) is 10.1. The quantitative estimate of drug-likeness (QED) is 0.605. The minimum Gasteiger partial charge on any atom is -0.368 e. The molecular weight excluding hydrogens is 360 g/mol. The van der Waals surface area contributed by atoms with Crippen molar-refractivity contribution in [3.8, 4) is 23.0 Å². The van der Waals surface area contributed by atoms with Gasteiger partial charge in [-0.25, -0.2) is 4.68 Å². The molecule has 148 valence electrons. The Morgan fingerprint density at radius 2 is 1.83 bits per heavy atom. The first-order valence-corrected chi connectivity index (χ1v) is 10.1. The third kappa shape index (κ3) is 4.48. The predicted octanol–water partition coefficient (Wildman–Crippen LogP) is 3.28. The summed E-state index contributed by atoms with van der Waals surface area (Å²) in [6.07, 6.45) is 2.38. The fourth-order valence-corrected chi connectivity index (χ4v) is 3.69. The molecule has 0 bridgehead atoms. The highest BCUT2D eigenvalue weighted by Gasteiger charge is 2.15. The molecule has 2 heterocycles. The van der Waals surface area contributed by atoms with Gasteiger partial charge in [-0.2, -0.15) is 5.26 Å². The summed E-state index contributed by atoms with van der Waals surface area (Å²) in [5.74, 6) is 1.54. The number of rotatable bonds is 6. The highest BCUT2D eigenvalue weighted by Crippen LogP contribution is 2.27. The molecule has 1 fully saturated rings. The van der Waals surface area contributed by atoms with Gasteiger partial charge in [0.2, 0.25) is 0 Å². The van der Waals surface area contributed by atoms with E-state index in [1.807, 2.05) is 41.1 Å². The van der Waals surface area contributed by atoms with Crippen LogP contribution in [0.25, 0.3) is 16.9 Å². The molecule has 1 aromatic heterocycles. The summed E-state index contributed by atoms with van der Waals surface area (Å²) in [6, 6.07) is 20.0. The fourth-order valence-electron chi connectivity index (χ4n) is 3.69. The number of hydrogen-bond acceptors (Lipinski definition) is 5. The van der Waals surface area contributed by atoms with Gasteiger partial charge in [0, 0.05) is 24.7 Å². The van der Waals surface area contributed by atoms with Crippen LogP contribution in [-0.4, -0.2) is 29.4 Å². The Morgan fingerprint density at radius 3 is 2.48 bits per heavy atom. The lowest BCUT2D eigenvalue weighted by Crippen LogP contribution is -2.31. The van der Waals surface area contributed by atoms with Gasteiger partial charge in [0.15, 0.2) is 0 Å². The van der Waals surface area contributed by atoms with Crippen LogP contribution in [0.15, 0.2) is 54.6 Å². The maximum atomic E-state index is 9.08. The van der Waals surface area contributed by atoms with Gasteiger partial charge < -0.3 is 16.4 Å². The Bertz CT molecular complexity index is 976. The third-order valence-corrected chi connectivity index (χ3v) is 5.47. The van der Waals surface area contributed by atoms with Crippen molar-refractivity contribution in [2.75, 3.05) is 25.0 Å². The number of nitriles is 1. The molecule has 3 aromatic rings. The van der Waals surface area contributed by atoms with Crippen LogP contribution >= 0.6 is 0 Å². The van der Waals surface area contributed by atoms with E-state index in [1.165, 1.54) is 12.8 Å². The standard InChI is InChI=1S/C23H26N6/c24-14-17-1-5-20(6-2-17)22-13-23(27-16-19-9-11-26-12-10-19)28-29(22)21-7-3-18(15-25)4-8-21/h1-8,13,19,26H,9-12,14,16,24H2,(H,27,28). The van der Waals surface area contributed by atoms with Gasteiger partial charge in [0.1, 0.15) is 5.82 Å². The van der Waals surface area contributed by atoms with Crippen molar-refractivity contribution in [2.45, 2.75) is 19.4 Å². The van der Waals surface area contributed by atoms with Gasteiger partial charge in [-0.05, 0) is 61.7 Å². The molecule has 0 amide bonds. The molecule has 0 aliphatic carbocycles. The molecule has 4 N–H and O–H groups in total. The molecule has 0 unspecified atom stereocenters. The Labute approximate surface area is 171 Å². The number of nitrogens with one attached hydrogen (secondary N) is 2. The second-order valence-electron chi connectivity index (χ2n) is 7.46. The number of nitrogens with two attached hydrogens (primary N) is 1. The van der Waals surface area contributed by atoms with Crippen molar-refractivity contribution in [3.05, 3.63) is 65.7 Å². The van der Waals surface area contributed by atoms with Gasteiger partial charge >= 0.3 is 0 Å². The summed E-state index contributed by atoms with van der Waals surface area (Å²) < 4.78 is 1.93. The van der Waals surface area contributed by atoms with E-state index >= 15 is 0 Å². The topological polar surface area (TPSA) is 91.7 Å². The molecule has 1 aliphatic rings. The van der Waals surface area contributed by atoms with Crippen molar-refractivity contribution in [3.63, 3.8) is 0 Å². The molecule has 0 spiro atoms. The fraction of sp³-hybridized carbons (Fsp3) is 0.304. The summed E-state index contributed by atoms with van der Waals surface area (Å²) in [6.45, 7) is 3.63. The molecule has 0 radical (unpaired) electrons. The highest BCUT2D eigenvalue weighted by molar-refractivity contribution is 5.66. The molecule has 0 saturated carbocycles. The second kappa shape index (κ2) is 8.91. The SMILES string of the molecule is N#Cc1ccc(-n2nc(NCC3CCNCC3)cc2-c2ccc(CN)cc2)cc1. The van der Waals surface area contributed by atoms with Gasteiger partial charge in [0.25, 0.3) is 0 Å². The average molecular weight is 387 g/mol. The lowest BCUT2D eigenvalue weighted by atomic mass is 9.98. The molecule has 1 aliphatic heterocycles. The summed E-state index contributed by atoms with van der Waals surface area (Å²) in [5.41, 5.74) is 10.5. The summed E-state index contributed by atoms with van der Waals surface area (Å²) in [5, 5.41) is 20.8. The first-order chi connectivity index (χ1) is 14.3. The minimum absolute atomic E-state index is 0.526. The third-order valence-electron chi connectivity index (χ3n) is 5.47. The molecule has 1 saturated heterocycles. The molecule has 29 heavy (non-hydrogen) atoms. The van der Waals surface area contributed by atoms with Crippen LogP contribution < -0.4 is 16.4 Å². The van der Waals surface area contributed by atoms with Crippen LogP contribution in [0, 0.1) is 17.2 Å². The smallest absolute Gasteiger partial charge is 0.149 e. The molecule has 6 heteroatoms. The van der Waals surface area contributed by atoms with Gasteiger partial charge in [-0.1, -0.05) is 24.3 Å². The molecular formula is C23H26N6. The largest absolute Gasteiger partial charge is 0.368 e. The van der Waals surface area contributed by atoms with E-state index in [2.05, 4.69) is 34.9 Å². The summed E-state index contributed by atoms with van der Waals surface area (Å²) >= 11 is 0. The predicted molar refractivity (Wildman–Crippen MR) is 116 cm³/mol. The lowest BCUT2D eigenvalue weighted by Gasteiger charge is -2.22. The maximum Gasteiger partial charge on any atom is 0.149 e. The van der Waals surface area contributed by atoms with Crippen LogP contribution in [0.3, 0.4) is 0 Å². The van der Waals surface area contributed by atoms with Gasteiger partial charge in [0.05, 0.1) is 23.0 Å². The van der Waals surface area contributed by atoms with Gasteiger partial charge in [-0.3, -0.25) is 0 Å². The lowest BCUT2D eigenvalue weighted by molar-refractivity contribution is 0.389. The zero-order valence-electron chi connectivity index (χ0n) is 16.4. The summed E-state index contributed by atoms with van der Waals surface area (Å²) in [4.78, 5) is 0. The monoisotopic (exact) mass is 386 g/mol. The Morgan fingerprint density at radius 1 is 1.10 bits per heavy atom. The zero-order chi connectivity index (χ0) is 20.1. The Kier molecular flexibility index (Phi) is 5.89. The van der Waals surface area contributed by atoms with Crippen LogP contribution in [0.2, 0.25) is 0 Å². The van der Waals surface area contributed by atoms with E-state index in [9.17, 15) is 0 Å². The number of piperidine rings is 1. The van der Waals surface area contributed by atoms with E-state index in [-0.39, 0.29) is 0 Å². The van der Waals surface area contributed by atoms with Crippen LogP contribution in [0.5, 0.6) is 0 Å².